The van der Waals surface area contributed by atoms with Crippen molar-refractivity contribution in [1.82, 2.24) is 14.7 Å². The fraction of sp³-hybridized carbons (Fsp3) is 0.647. The number of hydrogen-bond donors (Lipinski definition) is 0. The summed E-state index contributed by atoms with van der Waals surface area (Å²) in [6, 6.07) is 3.68. The van der Waals surface area contributed by atoms with Gasteiger partial charge in [-0.05, 0) is 44.2 Å². The molecule has 1 aromatic rings. The normalized spacial score (nSPS) is 20.5. The van der Waals surface area contributed by atoms with E-state index in [1.807, 2.05) is 4.90 Å². The van der Waals surface area contributed by atoms with Crippen molar-refractivity contribution in [2.75, 3.05) is 33.2 Å². The molecule has 1 saturated heterocycles. The summed E-state index contributed by atoms with van der Waals surface area (Å²) in [5.74, 6) is 0.290. The molecule has 0 unspecified atom stereocenters. The van der Waals surface area contributed by atoms with Gasteiger partial charge in [0.05, 0.1) is 6.26 Å². The first kappa shape index (κ1) is 16.5. The summed E-state index contributed by atoms with van der Waals surface area (Å²) in [5, 5.41) is 0.673. The monoisotopic (exact) mass is 335 g/mol. The number of furan rings is 1. The summed E-state index contributed by atoms with van der Waals surface area (Å²) < 4.78 is 5.34. The van der Waals surface area contributed by atoms with Gasteiger partial charge in [-0.25, -0.2) is 0 Å². The van der Waals surface area contributed by atoms with Gasteiger partial charge < -0.3 is 14.2 Å². The van der Waals surface area contributed by atoms with Crippen LogP contribution < -0.4 is 0 Å². The lowest BCUT2D eigenvalue weighted by molar-refractivity contribution is 0.0715. The van der Waals surface area contributed by atoms with Crippen LogP contribution >= 0.6 is 12.2 Å². The van der Waals surface area contributed by atoms with Gasteiger partial charge in [-0.1, -0.05) is 19.3 Å². The van der Waals surface area contributed by atoms with Gasteiger partial charge >= 0.3 is 0 Å². The number of rotatable bonds is 2. The number of nitrogens with zero attached hydrogens (tertiary/aromatic N) is 3. The third kappa shape index (κ3) is 3.75. The molecule has 23 heavy (non-hydrogen) atoms. The quantitative estimate of drug-likeness (QED) is 0.777. The van der Waals surface area contributed by atoms with Crippen LogP contribution in [0.5, 0.6) is 0 Å². The number of thiocarbonyl (C=S) groups is 1. The molecule has 1 saturated carbocycles. The minimum Gasteiger partial charge on any atom is -0.459 e. The SMILES string of the molecule is CN1CCN(C(=S)N(C(=O)c2ccco2)C2CCCCC2)CC1. The molecule has 0 radical (unpaired) electrons. The summed E-state index contributed by atoms with van der Waals surface area (Å²) in [7, 11) is 2.12. The summed E-state index contributed by atoms with van der Waals surface area (Å²) in [5.41, 5.74) is 0. The van der Waals surface area contributed by atoms with E-state index in [0.29, 0.717) is 10.9 Å². The van der Waals surface area contributed by atoms with E-state index in [4.69, 9.17) is 16.6 Å². The zero-order valence-electron chi connectivity index (χ0n) is 13.7. The van der Waals surface area contributed by atoms with E-state index < -0.39 is 0 Å². The van der Waals surface area contributed by atoms with Gasteiger partial charge in [0.2, 0.25) is 0 Å². The Bertz CT molecular complexity index is 532. The number of amides is 1. The molecule has 3 rings (SSSR count). The van der Waals surface area contributed by atoms with Crippen LogP contribution in [0.15, 0.2) is 22.8 Å². The van der Waals surface area contributed by atoms with Crippen LogP contribution in [0.25, 0.3) is 0 Å². The average Bonchev–Trinajstić information content (AvgIpc) is 3.11. The Morgan fingerprint density at radius 2 is 1.91 bits per heavy atom. The lowest BCUT2D eigenvalue weighted by Crippen LogP contribution is -2.56. The average molecular weight is 335 g/mol. The molecule has 1 aromatic heterocycles. The highest BCUT2D eigenvalue weighted by molar-refractivity contribution is 7.80. The lowest BCUT2D eigenvalue weighted by atomic mass is 9.94. The molecule has 1 aliphatic heterocycles. The second-order valence-corrected chi connectivity index (χ2v) is 6.88. The highest BCUT2D eigenvalue weighted by Crippen LogP contribution is 2.25. The standard InChI is InChI=1S/C17H25N3O2S/c1-18-9-11-19(12-10-18)17(23)20(14-6-3-2-4-7-14)16(21)15-8-5-13-22-15/h5,8,13-14H,2-4,6-7,9-12H2,1H3. The zero-order chi connectivity index (χ0) is 16.2. The van der Waals surface area contributed by atoms with Gasteiger partial charge in [-0.15, -0.1) is 0 Å². The summed E-state index contributed by atoms with van der Waals surface area (Å²) in [6.07, 6.45) is 7.18. The molecular weight excluding hydrogens is 310 g/mol. The van der Waals surface area contributed by atoms with E-state index in [1.165, 1.54) is 6.42 Å². The largest absolute Gasteiger partial charge is 0.459 e. The van der Waals surface area contributed by atoms with Gasteiger partial charge in [0.25, 0.3) is 5.91 Å². The van der Waals surface area contributed by atoms with Gasteiger partial charge in [0.1, 0.15) is 0 Å². The molecule has 0 spiro atoms. The molecular formula is C17H25N3O2S. The Balaban J connectivity index is 1.79. The molecule has 2 heterocycles. The van der Waals surface area contributed by atoms with Gasteiger partial charge in [-0.3, -0.25) is 9.69 Å². The maximum atomic E-state index is 13.0. The van der Waals surface area contributed by atoms with Crippen LogP contribution in [0.2, 0.25) is 0 Å². The van der Waals surface area contributed by atoms with Crippen molar-refractivity contribution < 1.29 is 9.21 Å². The minimum absolute atomic E-state index is 0.0918. The van der Waals surface area contributed by atoms with Crippen LogP contribution in [-0.4, -0.2) is 65.0 Å². The Labute approximate surface area is 143 Å². The molecule has 2 fully saturated rings. The maximum Gasteiger partial charge on any atom is 0.295 e. The third-order valence-corrected chi connectivity index (χ3v) is 5.33. The molecule has 126 valence electrons. The Morgan fingerprint density at radius 3 is 2.52 bits per heavy atom. The third-order valence-electron chi connectivity index (χ3n) is 4.87. The predicted octanol–water partition coefficient (Wildman–Crippen LogP) is 2.59. The molecule has 0 atom stereocenters. The summed E-state index contributed by atoms with van der Waals surface area (Å²) >= 11 is 5.74. The first-order valence-electron chi connectivity index (χ1n) is 8.51. The number of hydrogen-bond acceptors (Lipinski definition) is 4. The van der Waals surface area contributed by atoms with E-state index in [1.54, 1.807) is 18.4 Å². The van der Waals surface area contributed by atoms with Crippen molar-refractivity contribution in [2.45, 2.75) is 38.1 Å². The molecule has 6 heteroatoms. The van der Waals surface area contributed by atoms with Crippen molar-refractivity contribution in [3.05, 3.63) is 24.2 Å². The molecule has 5 nitrogen and oxygen atoms in total. The second-order valence-electron chi connectivity index (χ2n) is 6.52. The Kier molecular flexibility index (Phi) is 5.33. The van der Waals surface area contributed by atoms with Crippen LogP contribution in [0, 0.1) is 0 Å². The number of piperazine rings is 1. The fourth-order valence-electron chi connectivity index (χ4n) is 3.42. The van der Waals surface area contributed by atoms with Gasteiger partial charge in [0.15, 0.2) is 10.9 Å². The van der Waals surface area contributed by atoms with Crippen LogP contribution in [0.4, 0.5) is 0 Å². The second kappa shape index (κ2) is 7.45. The Hall–Kier alpha value is -1.40. The number of carbonyl (C=O) groups is 1. The Morgan fingerprint density at radius 1 is 1.22 bits per heavy atom. The van der Waals surface area contributed by atoms with E-state index in [0.717, 1.165) is 51.9 Å². The highest BCUT2D eigenvalue weighted by atomic mass is 32.1. The smallest absolute Gasteiger partial charge is 0.295 e. The van der Waals surface area contributed by atoms with E-state index in [9.17, 15) is 4.79 Å². The van der Waals surface area contributed by atoms with Crippen LogP contribution in [0.3, 0.4) is 0 Å². The van der Waals surface area contributed by atoms with Crippen molar-refractivity contribution in [2.24, 2.45) is 0 Å². The first-order chi connectivity index (χ1) is 11.2. The predicted molar refractivity (Wildman–Crippen MR) is 93.4 cm³/mol. The van der Waals surface area contributed by atoms with Crippen molar-refractivity contribution in [3.63, 3.8) is 0 Å². The van der Waals surface area contributed by atoms with Crippen molar-refractivity contribution in [3.8, 4) is 0 Å². The molecule has 2 aliphatic rings. The van der Waals surface area contributed by atoms with Crippen molar-refractivity contribution >= 4 is 23.2 Å². The molecule has 1 amide bonds. The minimum atomic E-state index is -0.0918. The molecule has 0 aromatic carbocycles. The maximum absolute atomic E-state index is 13.0. The van der Waals surface area contributed by atoms with E-state index in [2.05, 4.69) is 16.8 Å². The molecule has 0 bridgehead atoms. The number of carbonyl (C=O) groups excluding carboxylic acids is 1. The highest BCUT2D eigenvalue weighted by Gasteiger charge is 2.33. The van der Waals surface area contributed by atoms with Crippen molar-refractivity contribution in [1.29, 1.82) is 0 Å². The lowest BCUT2D eigenvalue weighted by Gasteiger charge is -2.41. The first-order valence-corrected chi connectivity index (χ1v) is 8.92. The zero-order valence-corrected chi connectivity index (χ0v) is 14.6. The summed E-state index contributed by atoms with van der Waals surface area (Å²) in [4.78, 5) is 19.3. The summed E-state index contributed by atoms with van der Waals surface area (Å²) in [6.45, 7) is 3.72. The number of likely N-dealkylation sites (N-methyl/N-ethyl adjacent to an activating group) is 1. The topological polar surface area (TPSA) is 39.9 Å². The van der Waals surface area contributed by atoms with Gasteiger partial charge in [-0.2, -0.15) is 0 Å². The van der Waals surface area contributed by atoms with Gasteiger partial charge in [0, 0.05) is 32.2 Å². The fourth-order valence-corrected chi connectivity index (χ4v) is 3.83. The molecule has 1 aliphatic carbocycles. The molecule has 0 N–H and O–H groups in total. The van der Waals surface area contributed by atoms with E-state index in [-0.39, 0.29) is 11.9 Å². The van der Waals surface area contributed by atoms with Crippen LogP contribution in [-0.2, 0) is 0 Å². The van der Waals surface area contributed by atoms with E-state index >= 15 is 0 Å². The van der Waals surface area contributed by atoms with Crippen LogP contribution in [0.1, 0.15) is 42.7 Å².